The molecule has 1 aromatic heterocycles. The van der Waals surface area contributed by atoms with Gasteiger partial charge in [-0.25, -0.2) is 0 Å². The van der Waals surface area contributed by atoms with E-state index in [4.69, 9.17) is 0 Å². The molecule has 1 unspecified atom stereocenters. The van der Waals surface area contributed by atoms with Crippen LogP contribution in [0, 0.1) is 5.92 Å². The smallest absolute Gasteiger partial charge is 0.227 e. The van der Waals surface area contributed by atoms with Gasteiger partial charge < -0.3 is 14.7 Å². The molecule has 0 saturated carbocycles. The van der Waals surface area contributed by atoms with Crippen LogP contribution in [0.25, 0.3) is 11.3 Å². The van der Waals surface area contributed by atoms with E-state index in [0.717, 1.165) is 68.9 Å². The summed E-state index contributed by atoms with van der Waals surface area (Å²) in [7, 11) is 4.15. The van der Waals surface area contributed by atoms with Crippen LogP contribution in [0.15, 0.2) is 42.5 Å². The van der Waals surface area contributed by atoms with Crippen LogP contribution in [0.5, 0.6) is 0 Å². The van der Waals surface area contributed by atoms with Crippen LogP contribution in [-0.4, -0.2) is 72.2 Å². The highest BCUT2D eigenvalue weighted by Crippen LogP contribution is 2.26. The Morgan fingerprint density at radius 1 is 1.00 bits per heavy atom. The van der Waals surface area contributed by atoms with Gasteiger partial charge >= 0.3 is 0 Å². The van der Waals surface area contributed by atoms with E-state index in [1.165, 1.54) is 0 Å². The molecule has 0 aliphatic carbocycles. The molecule has 0 bridgehead atoms. The molecule has 6 heteroatoms. The highest BCUT2D eigenvalue weighted by Gasteiger charge is 2.32. The summed E-state index contributed by atoms with van der Waals surface area (Å²) in [5.74, 6) is 1.20. The van der Waals surface area contributed by atoms with Crippen molar-refractivity contribution in [2.75, 3.05) is 45.2 Å². The number of hydrogen-bond donors (Lipinski definition) is 0. The average molecular weight is 394 g/mol. The standard InChI is InChI=1S/C23H31N5O/c1-26-15-12-20(13-16-26)27(2)23(29)19-9-6-14-28(17-19)22-11-10-21(24-25-22)18-7-4-3-5-8-18/h3-5,7-8,10-11,19-20H,6,9,12-17H2,1-2H3. The average Bonchev–Trinajstić information content (AvgIpc) is 2.79. The van der Waals surface area contributed by atoms with E-state index in [2.05, 4.69) is 27.0 Å². The molecule has 29 heavy (non-hydrogen) atoms. The molecule has 1 aromatic carbocycles. The minimum atomic E-state index is 0.0454. The fraction of sp³-hybridized carbons (Fsp3) is 0.522. The third-order valence-corrected chi connectivity index (χ3v) is 6.40. The monoisotopic (exact) mass is 393 g/mol. The fourth-order valence-corrected chi connectivity index (χ4v) is 4.49. The van der Waals surface area contributed by atoms with Crippen molar-refractivity contribution in [3.8, 4) is 11.3 Å². The molecule has 0 spiro atoms. The van der Waals surface area contributed by atoms with Crippen LogP contribution in [0.1, 0.15) is 25.7 Å². The number of carbonyl (C=O) groups excluding carboxylic acids is 1. The van der Waals surface area contributed by atoms with Gasteiger partial charge in [-0.2, -0.15) is 0 Å². The first-order valence-corrected chi connectivity index (χ1v) is 10.7. The molecule has 2 saturated heterocycles. The van der Waals surface area contributed by atoms with Gasteiger partial charge in [0.1, 0.15) is 0 Å². The fourth-order valence-electron chi connectivity index (χ4n) is 4.49. The number of piperidine rings is 2. The molecule has 2 aliphatic rings. The third-order valence-electron chi connectivity index (χ3n) is 6.40. The quantitative estimate of drug-likeness (QED) is 0.799. The van der Waals surface area contributed by atoms with E-state index in [1.807, 2.05) is 54.4 Å². The molecule has 3 heterocycles. The van der Waals surface area contributed by atoms with E-state index < -0.39 is 0 Å². The predicted octanol–water partition coefficient (Wildman–Crippen LogP) is 2.91. The number of carbonyl (C=O) groups is 1. The summed E-state index contributed by atoms with van der Waals surface area (Å²) in [4.78, 5) is 19.7. The molecule has 0 N–H and O–H groups in total. The largest absolute Gasteiger partial charge is 0.354 e. The van der Waals surface area contributed by atoms with E-state index in [-0.39, 0.29) is 11.8 Å². The summed E-state index contributed by atoms with van der Waals surface area (Å²) >= 11 is 0. The van der Waals surface area contributed by atoms with Crippen LogP contribution in [0.3, 0.4) is 0 Å². The second kappa shape index (κ2) is 8.91. The molecule has 2 aliphatic heterocycles. The van der Waals surface area contributed by atoms with E-state index in [1.54, 1.807) is 0 Å². The second-order valence-electron chi connectivity index (χ2n) is 8.41. The Morgan fingerprint density at radius 2 is 1.76 bits per heavy atom. The zero-order valence-electron chi connectivity index (χ0n) is 17.5. The van der Waals surface area contributed by atoms with Gasteiger partial charge in [0.2, 0.25) is 5.91 Å². The van der Waals surface area contributed by atoms with E-state index in [9.17, 15) is 4.79 Å². The van der Waals surface area contributed by atoms with Crippen LogP contribution < -0.4 is 4.90 Å². The maximum atomic E-state index is 13.1. The van der Waals surface area contributed by atoms with Crippen molar-refractivity contribution >= 4 is 11.7 Å². The summed E-state index contributed by atoms with van der Waals surface area (Å²) in [5, 5.41) is 8.88. The minimum absolute atomic E-state index is 0.0454. The molecule has 6 nitrogen and oxygen atoms in total. The maximum Gasteiger partial charge on any atom is 0.227 e. The number of amides is 1. The number of anilines is 1. The highest BCUT2D eigenvalue weighted by molar-refractivity contribution is 5.80. The molecule has 1 atom stereocenters. The topological polar surface area (TPSA) is 52.6 Å². The Morgan fingerprint density at radius 3 is 2.45 bits per heavy atom. The predicted molar refractivity (Wildman–Crippen MR) is 116 cm³/mol. The summed E-state index contributed by atoms with van der Waals surface area (Å²) in [6.45, 7) is 3.81. The van der Waals surface area contributed by atoms with E-state index >= 15 is 0 Å². The van der Waals surface area contributed by atoms with E-state index in [0.29, 0.717) is 6.04 Å². The Bertz CT molecular complexity index is 802. The number of rotatable bonds is 4. The van der Waals surface area contributed by atoms with Crippen molar-refractivity contribution in [3.05, 3.63) is 42.5 Å². The van der Waals surface area contributed by atoms with Crippen molar-refractivity contribution in [3.63, 3.8) is 0 Å². The molecule has 1 amide bonds. The lowest BCUT2D eigenvalue weighted by atomic mass is 9.94. The molecule has 154 valence electrons. The molecule has 4 rings (SSSR count). The first-order chi connectivity index (χ1) is 14.1. The summed E-state index contributed by atoms with van der Waals surface area (Å²) < 4.78 is 0. The van der Waals surface area contributed by atoms with Gasteiger partial charge in [-0.05, 0) is 58.0 Å². The summed E-state index contributed by atoms with van der Waals surface area (Å²) in [5.41, 5.74) is 1.94. The van der Waals surface area contributed by atoms with Crippen molar-refractivity contribution in [2.45, 2.75) is 31.7 Å². The molecular formula is C23H31N5O. The van der Waals surface area contributed by atoms with Gasteiger partial charge in [-0.15, -0.1) is 10.2 Å². The minimum Gasteiger partial charge on any atom is -0.354 e. The summed E-state index contributed by atoms with van der Waals surface area (Å²) in [6, 6.07) is 14.5. The SMILES string of the molecule is CN1CCC(N(C)C(=O)C2CCCN(c3ccc(-c4ccccc4)nn3)C2)CC1. The Hall–Kier alpha value is -2.47. The zero-order valence-corrected chi connectivity index (χ0v) is 17.5. The summed E-state index contributed by atoms with van der Waals surface area (Å²) in [6.07, 6.45) is 4.12. The van der Waals surface area contributed by atoms with Gasteiger partial charge in [0.05, 0.1) is 11.6 Å². The maximum absolute atomic E-state index is 13.1. The lowest BCUT2D eigenvalue weighted by molar-refractivity contribution is -0.137. The molecule has 2 fully saturated rings. The van der Waals surface area contributed by atoms with Crippen LogP contribution in [-0.2, 0) is 4.79 Å². The van der Waals surface area contributed by atoms with Crippen molar-refractivity contribution in [1.82, 2.24) is 20.0 Å². The van der Waals surface area contributed by atoms with Gasteiger partial charge in [-0.1, -0.05) is 30.3 Å². The van der Waals surface area contributed by atoms with Gasteiger partial charge in [0.15, 0.2) is 5.82 Å². The second-order valence-corrected chi connectivity index (χ2v) is 8.41. The van der Waals surface area contributed by atoms with Gasteiger partial charge in [0.25, 0.3) is 0 Å². The third kappa shape index (κ3) is 4.58. The number of nitrogens with zero attached hydrogens (tertiary/aromatic N) is 5. The first kappa shape index (κ1) is 19.8. The van der Waals surface area contributed by atoms with Gasteiger partial charge in [-0.3, -0.25) is 4.79 Å². The molecule has 0 radical (unpaired) electrons. The highest BCUT2D eigenvalue weighted by atomic mass is 16.2. The molecular weight excluding hydrogens is 362 g/mol. The van der Waals surface area contributed by atoms with Crippen LogP contribution in [0.4, 0.5) is 5.82 Å². The zero-order chi connectivity index (χ0) is 20.2. The van der Waals surface area contributed by atoms with Gasteiger partial charge in [0, 0.05) is 31.7 Å². The van der Waals surface area contributed by atoms with Crippen molar-refractivity contribution < 1.29 is 4.79 Å². The number of hydrogen-bond acceptors (Lipinski definition) is 5. The van der Waals surface area contributed by atoms with Crippen molar-refractivity contribution in [1.29, 1.82) is 0 Å². The first-order valence-electron chi connectivity index (χ1n) is 10.7. The number of likely N-dealkylation sites (tertiary alicyclic amines) is 1. The van der Waals surface area contributed by atoms with Crippen molar-refractivity contribution in [2.24, 2.45) is 5.92 Å². The van der Waals surface area contributed by atoms with Crippen LogP contribution >= 0.6 is 0 Å². The number of aromatic nitrogens is 2. The normalized spacial score (nSPS) is 21.2. The Balaban J connectivity index is 1.39. The lowest BCUT2D eigenvalue weighted by Crippen LogP contribution is -2.49. The molecule has 2 aromatic rings. The number of benzene rings is 1. The Labute approximate surface area is 173 Å². The lowest BCUT2D eigenvalue weighted by Gasteiger charge is -2.39. The Kier molecular flexibility index (Phi) is 6.09. The van der Waals surface area contributed by atoms with Crippen LogP contribution in [0.2, 0.25) is 0 Å².